The molecule has 1 aromatic heterocycles. The molecule has 0 spiro atoms. The lowest BCUT2D eigenvalue weighted by Gasteiger charge is -2.14. The van der Waals surface area contributed by atoms with Crippen LogP contribution in [0.5, 0.6) is 0 Å². The van der Waals surface area contributed by atoms with Gasteiger partial charge in [0.05, 0.1) is 11.1 Å². The second-order valence-corrected chi connectivity index (χ2v) is 10.0. The molecule has 1 atom stereocenters. The molecule has 0 aliphatic rings. The number of carbonyl (C=O) groups excluding carboxylic acids is 2. The van der Waals surface area contributed by atoms with Crippen molar-refractivity contribution in [2.45, 2.75) is 40.3 Å². The number of hydrogen-bond donors (Lipinski definition) is 1. The highest BCUT2D eigenvalue weighted by Gasteiger charge is 2.20. The van der Waals surface area contributed by atoms with Gasteiger partial charge in [-0.2, -0.15) is 0 Å². The van der Waals surface area contributed by atoms with E-state index in [0.29, 0.717) is 31.4 Å². The van der Waals surface area contributed by atoms with Crippen molar-refractivity contribution in [3.63, 3.8) is 0 Å². The van der Waals surface area contributed by atoms with E-state index >= 15 is 0 Å². The molecule has 2 rings (SSSR count). The molecule has 168 valence electrons. The number of amides is 1. The first-order chi connectivity index (χ1) is 14.4. The maximum Gasteiger partial charge on any atom is 0.269 e. The zero-order valence-electron chi connectivity index (χ0n) is 18.1. The summed E-state index contributed by atoms with van der Waals surface area (Å²) in [6.07, 6.45) is 2.99. The second-order valence-electron chi connectivity index (χ2n) is 8.16. The number of ketones is 1. The average molecular weight is 485 g/mol. The Balaban J connectivity index is 2.61. The van der Waals surface area contributed by atoms with Gasteiger partial charge in [-0.3, -0.25) is 19.0 Å². The highest BCUT2D eigenvalue weighted by molar-refractivity contribution is 7.07. The summed E-state index contributed by atoms with van der Waals surface area (Å²) < 4.78 is 7.02. The van der Waals surface area contributed by atoms with Crippen LogP contribution < -0.4 is 20.1 Å². The van der Waals surface area contributed by atoms with Gasteiger partial charge in [-0.05, 0) is 25.1 Å². The first-order valence-electron chi connectivity index (χ1n) is 9.64. The molecule has 1 heterocycles. The lowest BCUT2D eigenvalue weighted by molar-refractivity contribution is -0.123. The van der Waals surface area contributed by atoms with E-state index in [1.165, 1.54) is 10.6 Å². The summed E-state index contributed by atoms with van der Waals surface area (Å²) in [5, 5.41) is 3.57. The average Bonchev–Trinajstić information content (AvgIpc) is 2.93. The number of rotatable bonds is 7. The minimum absolute atomic E-state index is 0.155. The van der Waals surface area contributed by atoms with Crippen molar-refractivity contribution in [1.82, 2.24) is 9.88 Å². The SMILES string of the molecule is COCC(C)NC(=O)Cn1c(=O)/c(=C/c2c(Cl)cccc2Cl)s/c1=C/C(=O)C(C)(C)C. The number of halogens is 2. The minimum Gasteiger partial charge on any atom is -0.383 e. The molecule has 1 aromatic carbocycles. The van der Waals surface area contributed by atoms with Crippen LogP contribution in [-0.4, -0.2) is 36.0 Å². The van der Waals surface area contributed by atoms with Crippen molar-refractivity contribution in [1.29, 1.82) is 0 Å². The van der Waals surface area contributed by atoms with Gasteiger partial charge in [0.25, 0.3) is 5.56 Å². The highest BCUT2D eigenvalue weighted by atomic mass is 35.5. The van der Waals surface area contributed by atoms with Crippen molar-refractivity contribution in [3.8, 4) is 0 Å². The van der Waals surface area contributed by atoms with Gasteiger partial charge in [-0.15, -0.1) is 11.3 Å². The summed E-state index contributed by atoms with van der Waals surface area (Å²) in [4.78, 5) is 38.2. The molecular formula is C22H26Cl2N2O4S. The van der Waals surface area contributed by atoms with E-state index in [9.17, 15) is 14.4 Å². The number of thiazole rings is 1. The maximum atomic E-state index is 13.1. The van der Waals surface area contributed by atoms with Gasteiger partial charge in [0, 0.05) is 40.3 Å². The van der Waals surface area contributed by atoms with Crippen LogP contribution in [0.4, 0.5) is 0 Å². The molecule has 1 unspecified atom stereocenters. The second kappa shape index (κ2) is 10.6. The standard InChI is InChI=1S/C22H26Cl2N2O4S/c1-13(12-30-5)25-19(28)11-26-20(10-18(27)22(2,3)4)31-17(21(26)29)9-14-15(23)7-6-8-16(14)24/h6-10,13H,11-12H2,1-5H3,(H,25,28)/b17-9-,20-10+. The van der Waals surface area contributed by atoms with Gasteiger partial charge >= 0.3 is 0 Å². The van der Waals surface area contributed by atoms with E-state index in [1.54, 1.807) is 59.1 Å². The largest absolute Gasteiger partial charge is 0.383 e. The third-order valence-electron chi connectivity index (χ3n) is 4.33. The third kappa shape index (κ3) is 6.77. The molecule has 0 bridgehead atoms. The molecule has 9 heteroatoms. The first kappa shape index (κ1) is 25.3. The predicted molar refractivity (Wildman–Crippen MR) is 126 cm³/mol. The zero-order chi connectivity index (χ0) is 23.3. The van der Waals surface area contributed by atoms with Crippen LogP contribution >= 0.6 is 34.5 Å². The highest BCUT2D eigenvalue weighted by Crippen LogP contribution is 2.24. The van der Waals surface area contributed by atoms with Crippen LogP contribution in [-0.2, 0) is 20.9 Å². The van der Waals surface area contributed by atoms with Crippen molar-refractivity contribution < 1.29 is 14.3 Å². The van der Waals surface area contributed by atoms with Crippen LogP contribution in [0.1, 0.15) is 33.3 Å². The van der Waals surface area contributed by atoms with E-state index in [-0.39, 0.29) is 24.3 Å². The van der Waals surface area contributed by atoms with Gasteiger partial charge in [0.2, 0.25) is 5.91 Å². The number of carbonyl (C=O) groups is 2. The van der Waals surface area contributed by atoms with Gasteiger partial charge in [-0.1, -0.05) is 50.0 Å². The summed E-state index contributed by atoms with van der Waals surface area (Å²) in [6.45, 7) is 7.28. The summed E-state index contributed by atoms with van der Waals surface area (Å²) in [7, 11) is 1.54. The summed E-state index contributed by atoms with van der Waals surface area (Å²) in [5.41, 5.74) is -0.526. The fourth-order valence-corrected chi connectivity index (χ4v) is 4.19. The zero-order valence-corrected chi connectivity index (χ0v) is 20.5. The molecule has 6 nitrogen and oxygen atoms in total. The number of nitrogens with zero attached hydrogens (tertiary/aromatic N) is 1. The monoisotopic (exact) mass is 484 g/mol. The molecule has 0 aliphatic carbocycles. The molecule has 0 saturated carbocycles. The van der Waals surface area contributed by atoms with Gasteiger partial charge in [0.15, 0.2) is 5.78 Å². The number of ether oxygens (including phenoxy) is 1. The number of benzene rings is 1. The van der Waals surface area contributed by atoms with E-state index < -0.39 is 11.0 Å². The molecule has 0 radical (unpaired) electrons. The smallest absolute Gasteiger partial charge is 0.269 e. The Labute approximate surface area is 195 Å². The Morgan fingerprint density at radius 1 is 1.26 bits per heavy atom. The molecule has 1 N–H and O–H groups in total. The van der Waals surface area contributed by atoms with E-state index in [1.807, 2.05) is 0 Å². The van der Waals surface area contributed by atoms with E-state index in [0.717, 1.165) is 11.3 Å². The number of nitrogens with one attached hydrogen (secondary N) is 1. The quantitative estimate of drug-likeness (QED) is 0.654. The van der Waals surface area contributed by atoms with Crippen molar-refractivity contribution in [2.24, 2.45) is 5.41 Å². The van der Waals surface area contributed by atoms with Crippen molar-refractivity contribution >= 4 is 58.4 Å². The third-order valence-corrected chi connectivity index (χ3v) is 6.05. The fourth-order valence-electron chi connectivity index (χ4n) is 2.66. The molecule has 31 heavy (non-hydrogen) atoms. The van der Waals surface area contributed by atoms with Crippen molar-refractivity contribution in [2.75, 3.05) is 13.7 Å². The van der Waals surface area contributed by atoms with Crippen LogP contribution in [0, 0.1) is 5.41 Å². The molecular weight excluding hydrogens is 459 g/mol. The summed E-state index contributed by atoms with van der Waals surface area (Å²) in [5.74, 6) is -0.511. The van der Waals surface area contributed by atoms with Crippen LogP contribution in [0.2, 0.25) is 10.0 Å². The van der Waals surface area contributed by atoms with E-state index in [4.69, 9.17) is 27.9 Å². The molecule has 1 amide bonds. The molecule has 0 aliphatic heterocycles. The van der Waals surface area contributed by atoms with Crippen LogP contribution in [0.15, 0.2) is 23.0 Å². The van der Waals surface area contributed by atoms with Crippen LogP contribution in [0.3, 0.4) is 0 Å². The Morgan fingerprint density at radius 3 is 2.42 bits per heavy atom. The summed E-state index contributed by atoms with van der Waals surface area (Å²) in [6, 6.07) is 4.84. The predicted octanol–water partition coefficient (Wildman–Crippen LogP) is 2.59. The van der Waals surface area contributed by atoms with E-state index in [2.05, 4.69) is 5.32 Å². The topological polar surface area (TPSA) is 77.4 Å². The molecule has 2 aromatic rings. The summed E-state index contributed by atoms with van der Waals surface area (Å²) >= 11 is 13.6. The molecule has 0 fully saturated rings. The minimum atomic E-state index is -0.629. The molecule has 0 saturated heterocycles. The van der Waals surface area contributed by atoms with Gasteiger partial charge < -0.3 is 10.1 Å². The van der Waals surface area contributed by atoms with Gasteiger partial charge in [-0.25, -0.2) is 0 Å². The fraction of sp³-hybridized carbons (Fsp3) is 0.409. The Morgan fingerprint density at radius 2 is 1.87 bits per heavy atom. The number of methoxy groups -OCH3 is 1. The lowest BCUT2D eigenvalue weighted by atomic mass is 9.91. The Bertz CT molecular complexity index is 1130. The number of aromatic nitrogens is 1. The Hall–Kier alpha value is -1.93. The Kier molecular flexibility index (Phi) is 8.65. The normalized spacial score (nSPS) is 14.0. The van der Waals surface area contributed by atoms with Gasteiger partial charge in [0.1, 0.15) is 11.2 Å². The number of Topliss-reactive ketones (excluding diaryl/α,β-unsaturated/α-hetero) is 1. The lowest BCUT2D eigenvalue weighted by Crippen LogP contribution is -2.42. The number of hydrogen-bond acceptors (Lipinski definition) is 5. The van der Waals surface area contributed by atoms with Crippen molar-refractivity contribution in [3.05, 3.63) is 53.4 Å². The first-order valence-corrected chi connectivity index (χ1v) is 11.2. The maximum absolute atomic E-state index is 13.1. The van der Waals surface area contributed by atoms with Crippen LogP contribution in [0.25, 0.3) is 12.2 Å².